The Morgan fingerprint density at radius 3 is 2.44 bits per heavy atom. The van der Waals surface area contributed by atoms with E-state index in [1.165, 1.54) is 18.4 Å². The first-order valence-corrected chi connectivity index (χ1v) is 9.69. The van der Waals surface area contributed by atoms with E-state index >= 15 is 0 Å². The molecule has 7 heteroatoms. The van der Waals surface area contributed by atoms with Gasteiger partial charge < -0.3 is 14.8 Å². The molecule has 27 heavy (non-hydrogen) atoms. The molecule has 0 spiro atoms. The molecule has 0 unspecified atom stereocenters. The van der Waals surface area contributed by atoms with E-state index in [1.54, 1.807) is 12.1 Å². The van der Waals surface area contributed by atoms with Gasteiger partial charge in [-0.15, -0.1) is 11.3 Å². The molecular formula is C20H16BrNO4S. The fourth-order valence-corrected chi connectivity index (χ4v) is 3.66. The highest BCUT2D eigenvalue weighted by Gasteiger charge is 2.22. The first-order valence-electron chi connectivity index (χ1n) is 8.02. The predicted octanol–water partition coefficient (Wildman–Crippen LogP) is 4.98. The Hall–Kier alpha value is -2.64. The maximum atomic E-state index is 12.3. The van der Waals surface area contributed by atoms with E-state index in [9.17, 15) is 9.59 Å². The van der Waals surface area contributed by atoms with Gasteiger partial charge in [0.15, 0.2) is 6.61 Å². The number of hydrogen-bond acceptors (Lipinski definition) is 5. The average Bonchev–Trinajstić information content (AvgIpc) is 3.10. The second-order valence-corrected chi connectivity index (χ2v) is 7.30. The van der Waals surface area contributed by atoms with Crippen molar-refractivity contribution in [2.24, 2.45) is 0 Å². The van der Waals surface area contributed by atoms with Gasteiger partial charge >= 0.3 is 5.97 Å². The number of rotatable bonds is 6. The summed E-state index contributed by atoms with van der Waals surface area (Å²) in [7, 11) is 1.31. The van der Waals surface area contributed by atoms with Crippen LogP contribution in [0.25, 0.3) is 11.1 Å². The highest BCUT2D eigenvalue weighted by atomic mass is 79.9. The van der Waals surface area contributed by atoms with E-state index in [1.807, 2.05) is 47.8 Å². The van der Waals surface area contributed by atoms with Gasteiger partial charge in [-0.25, -0.2) is 4.79 Å². The Balaban J connectivity index is 1.79. The minimum Gasteiger partial charge on any atom is -0.484 e. The van der Waals surface area contributed by atoms with E-state index in [4.69, 9.17) is 9.47 Å². The third-order valence-electron chi connectivity index (χ3n) is 3.70. The van der Waals surface area contributed by atoms with Crippen molar-refractivity contribution in [1.29, 1.82) is 0 Å². The molecule has 2 aromatic carbocycles. The molecule has 0 saturated heterocycles. The maximum absolute atomic E-state index is 12.3. The molecule has 0 aliphatic carbocycles. The zero-order valence-electron chi connectivity index (χ0n) is 14.4. The second kappa shape index (κ2) is 8.83. The van der Waals surface area contributed by atoms with Crippen molar-refractivity contribution in [1.82, 2.24) is 0 Å². The minimum absolute atomic E-state index is 0.157. The first kappa shape index (κ1) is 19.1. The number of halogens is 1. The third kappa shape index (κ3) is 4.75. The predicted molar refractivity (Wildman–Crippen MR) is 109 cm³/mol. The Morgan fingerprint density at radius 2 is 1.78 bits per heavy atom. The van der Waals surface area contributed by atoms with Gasteiger partial charge in [-0.05, 0) is 29.8 Å². The zero-order chi connectivity index (χ0) is 19.2. The molecule has 0 atom stereocenters. The molecule has 3 rings (SSSR count). The number of thiophene rings is 1. The van der Waals surface area contributed by atoms with Gasteiger partial charge in [-0.3, -0.25) is 4.79 Å². The van der Waals surface area contributed by atoms with Crippen molar-refractivity contribution in [3.63, 3.8) is 0 Å². The molecule has 138 valence electrons. The van der Waals surface area contributed by atoms with Crippen LogP contribution in [0.1, 0.15) is 10.4 Å². The lowest BCUT2D eigenvalue weighted by atomic mass is 10.0. The smallest absolute Gasteiger partial charge is 0.341 e. The van der Waals surface area contributed by atoms with Crippen molar-refractivity contribution in [3.05, 3.63) is 70.0 Å². The van der Waals surface area contributed by atoms with Crippen molar-refractivity contribution in [3.8, 4) is 16.9 Å². The van der Waals surface area contributed by atoms with E-state index < -0.39 is 5.97 Å². The number of esters is 1. The molecule has 1 amide bonds. The number of hydrogen-bond donors (Lipinski definition) is 1. The Kier molecular flexibility index (Phi) is 6.26. The highest BCUT2D eigenvalue weighted by Crippen LogP contribution is 2.36. The minimum atomic E-state index is -0.506. The van der Waals surface area contributed by atoms with Crippen molar-refractivity contribution in [2.75, 3.05) is 19.0 Å². The summed E-state index contributed by atoms with van der Waals surface area (Å²) in [5.74, 6) is -0.260. The summed E-state index contributed by atoms with van der Waals surface area (Å²) < 4.78 is 11.3. The molecule has 5 nitrogen and oxygen atoms in total. The Morgan fingerprint density at radius 1 is 1.07 bits per heavy atom. The van der Waals surface area contributed by atoms with E-state index in [2.05, 4.69) is 21.2 Å². The second-order valence-electron chi connectivity index (χ2n) is 5.50. The molecule has 0 fully saturated rings. The number of amides is 1. The number of ether oxygens (including phenoxy) is 2. The van der Waals surface area contributed by atoms with E-state index in [0.29, 0.717) is 21.9 Å². The van der Waals surface area contributed by atoms with Crippen LogP contribution >= 0.6 is 27.3 Å². The molecule has 0 saturated carbocycles. The highest BCUT2D eigenvalue weighted by molar-refractivity contribution is 9.10. The summed E-state index contributed by atoms with van der Waals surface area (Å²) >= 11 is 4.66. The number of carbonyl (C=O) groups is 2. The van der Waals surface area contributed by atoms with Gasteiger partial charge in [-0.2, -0.15) is 0 Å². The van der Waals surface area contributed by atoms with Crippen LogP contribution in [0.3, 0.4) is 0 Å². The summed E-state index contributed by atoms with van der Waals surface area (Å²) in [6.45, 7) is -0.157. The fraction of sp³-hybridized carbons (Fsp3) is 0.100. The van der Waals surface area contributed by atoms with Crippen LogP contribution in [-0.2, 0) is 9.53 Å². The molecule has 1 aromatic heterocycles. The quantitative estimate of drug-likeness (QED) is 0.543. The van der Waals surface area contributed by atoms with Gasteiger partial charge in [0, 0.05) is 15.4 Å². The van der Waals surface area contributed by atoms with Gasteiger partial charge in [0.05, 0.1) is 7.11 Å². The fourth-order valence-electron chi connectivity index (χ4n) is 2.42. The molecule has 0 radical (unpaired) electrons. The zero-order valence-corrected chi connectivity index (χ0v) is 16.8. The van der Waals surface area contributed by atoms with Gasteiger partial charge in [0.25, 0.3) is 5.91 Å². The number of nitrogens with one attached hydrogen (secondary N) is 1. The largest absolute Gasteiger partial charge is 0.484 e. The number of anilines is 1. The van der Waals surface area contributed by atoms with Crippen LogP contribution in [0.15, 0.2) is 64.5 Å². The molecule has 1 N–H and O–H groups in total. The normalized spacial score (nSPS) is 10.3. The monoisotopic (exact) mass is 445 g/mol. The van der Waals surface area contributed by atoms with Crippen LogP contribution in [0.5, 0.6) is 5.75 Å². The van der Waals surface area contributed by atoms with E-state index in [0.717, 1.165) is 10.0 Å². The Labute approximate surface area is 169 Å². The van der Waals surface area contributed by atoms with Gasteiger partial charge in [0.2, 0.25) is 0 Å². The summed E-state index contributed by atoms with van der Waals surface area (Å²) in [5, 5.41) is 5.00. The number of benzene rings is 2. The summed E-state index contributed by atoms with van der Waals surface area (Å²) in [5.41, 5.74) is 1.90. The molecule has 1 heterocycles. The van der Waals surface area contributed by atoms with Crippen molar-refractivity contribution < 1.29 is 19.1 Å². The number of para-hydroxylation sites is 1. The molecular weight excluding hydrogens is 430 g/mol. The standard InChI is InChI=1S/C20H16BrNO4S/c1-25-20(24)18-16(13-7-9-14(21)10-8-13)12-27-19(18)22-17(23)11-26-15-5-3-2-4-6-15/h2-10,12H,11H2,1H3,(H,22,23). The molecule has 0 aliphatic heterocycles. The summed E-state index contributed by atoms with van der Waals surface area (Å²) in [4.78, 5) is 24.6. The van der Waals surface area contributed by atoms with E-state index in [-0.39, 0.29) is 12.5 Å². The first-order chi connectivity index (χ1) is 13.1. The summed E-state index contributed by atoms with van der Waals surface area (Å²) in [6, 6.07) is 16.6. The van der Waals surface area contributed by atoms with Crippen LogP contribution in [-0.4, -0.2) is 25.6 Å². The van der Waals surface area contributed by atoms with Crippen LogP contribution in [0.2, 0.25) is 0 Å². The maximum Gasteiger partial charge on any atom is 0.341 e. The number of methoxy groups -OCH3 is 1. The lowest BCUT2D eigenvalue weighted by Gasteiger charge is -2.09. The molecule has 0 aliphatic rings. The SMILES string of the molecule is COC(=O)c1c(-c2ccc(Br)cc2)csc1NC(=O)COc1ccccc1. The number of carbonyl (C=O) groups excluding carboxylic acids is 2. The van der Waals surface area contributed by atoms with Crippen LogP contribution in [0, 0.1) is 0 Å². The van der Waals surface area contributed by atoms with Gasteiger partial charge in [-0.1, -0.05) is 46.3 Å². The average molecular weight is 446 g/mol. The lowest BCUT2D eigenvalue weighted by Crippen LogP contribution is -2.21. The van der Waals surface area contributed by atoms with Crippen LogP contribution in [0.4, 0.5) is 5.00 Å². The Bertz CT molecular complexity index is 938. The van der Waals surface area contributed by atoms with Crippen molar-refractivity contribution in [2.45, 2.75) is 0 Å². The van der Waals surface area contributed by atoms with Gasteiger partial charge in [0.1, 0.15) is 16.3 Å². The van der Waals surface area contributed by atoms with Crippen LogP contribution < -0.4 is 10.1 Å². The summed E-state index contributed by atoms with van der Waals surface area (Å²) in [6.07, 6.45) is 0. The van der Waals surface area contributed by atoms with Crippen molar-refractivity contribution >= 4 is 44.1 Å². The lowest BCUT2D eigenvalue weighted by molar-refractivity contribution is -0.118. The topological polar surface area (TPSA) is 64.6 Å². The molecule has 0 bridgehead atoms. The molecule has 3 aromatic rings. The third-order valence-corrected chi connectivity index (χ3v) is 5.13.